The topological polar surface area (TPSA) is 40.5 Å². The third kappa shape index (κ3) is 2.63. The van der Waals surface area contributed by atoms with E-state index < -0.39 is 5.82 Å². The summed E-state index contributed by atoms with van der Waals surface area (Å²) in [5.74, 6) is -1.02. The zero-order chi connectivity index (χ0) is 13.1. The van der Waals surface area contributed by atoms with E-state index in [-0.39, 0.29) is 23.3 Å². The largest absolute Gasteiger partial charge is 0.507 e. The first-order valence-corrected chi connectivity index (χ1v) is 6.39. The van der Waals surface area contributed by atoms with Crippen LogP contribution in [0.1, 0.15) is 43.0 Å². The number of carbonyl (C=O) groups excluding carboxylic acids is 1. The van der Waals surface area contributed by atoms with Crippen LogP contribution in [-0.2, 0) is 0 Å². The molecule has 1 fully saturated rings. The Hall–Kier alpha value is -1.58. The number of phenols is 1. The van der Waals surface area contributed by atoms with Crippen molar-refractivity contribution in [2.75, 3.05) is 6.54 Å². The Morgan fingerprint density at radius 1 is 1.39 bits per heavy atom. The van der Waals surface area contributed by atoms with E-state index in [4.69, 9.17) is 0 Å². The molecular formula is C14H18FNO2. The van der Waals surface area contributed by atoms with E-state index in [2.05, 4.69) is 0 Å². The summed E-state index contributed by atoms with van der Waals surface area (Å²) < 4.78 is 12.9. The third-order valence-corrected chi connectivity index (χ3v) is 3.50. The van der Waals surface area contributed by atoms with Crippen LogP contribution in [0, 0.1) is 5.82 Å². The van der Waals surface area contributed by atoms with E-state index in [0.29, 0.717) is 6.54 Å². The van der Waals surface area contributed by atoms with Crippen LogP contribution in [0.3, 0.4) is 0 Å². The average Bonchev–Trinajstić information content (AvgIpc) is 2.53. The zero-order valence-corrected chi connectivity index (χ0v) is 10.5. The van der Waals surface area contributed by atoms with E-state index in [1.165, 1.54) is 12.1 Å². The van der Waals surface area contributed by atoms with Gasteiger partial charge in [0.15, 0.2) is 0 Å². The van der Waals surface area contributed by atoms with Crippen molar-refractivity contribution in [3.8, 4) is 5.75 Å². The Morgan fingerprint density at radius 2 is 2.17 bits per heavy atom. The molecule has 1 amide bonds. The highest BCUT2D eigenvalue weighted by molar-refractivity contribution is 5.97. The first kappa shape index (κ1) is 12.9. The molecule has 4 heteroatoms. The number of halogens is 1. The number of hydrogen-bond acceptors (Lipinski definition) is 2. The SMILES string of the molecule is CC1CCCCCN1C(=O)c1ccc(F)cc1O. The molecule has 0 saturated carbocycles. The van der Waals surface area contributed by atoms with Gasteiger partial charge in [0.1, 0.15) is 11.6 Å². The minimum Gasteiger partial charge on any atom is -0.507 e. The van der Waals surface area contributed by atoms with E-state index in [1.807, 2.05) is 6.92 Å². The molecule has 0 spiro atoms. The summed E-state index contributed by atoms with van der Waals surface area (Å²) in [4.78, 5) is 14.1. The number of phenolic OH excluding ortho intramolecular Hbond substituents is 1. The molecule has 0 aromatic heterocycles. The first-order valence-electron chi connectivity index (χ1n) is 6.39. The Morgan fingerprint density at radius 3 is 2.89 bits per heavy atom. The Labute approximate surface area is 106 Å². The van der Waals surface area contributed by atoms with Gasteiger partial charge in [-0.3, -0.25) is 4.79 Å². The van der Waals surface area contributed by atoms with Gasteiger partial charge in [0.2, 0.25) is 0 Å². The molecule has 1 aromatic carbocycles. The molecule has 1 aromatic rings. The fourth-order valence-corrected chi connectivity index (χ4v) is 2.42. The molecule has 18 heavy (non-hydrogen) atoms. The van der Waals surface area contributed by atoms with Gasteiger partial charge in [-0.15, -0.1) is 0 Å². The third-order valence-electron chi connectivity index (χ3n) is 3.50. The van der Waals surface area contributed by atoms with Crippen LogP contribution in [0.25, 0.3) is 0 Å². The van der Waals surface area contributed by atoms with Crippen LogP contribution in [-0.4, -0.2) is 28.5 Å². The van der Waals surface area contributed by atoms with E-state index in [0.717, 1.165) is 31.7 Å². The second-order valence-electron chi connectivity index (χ2n) is 4.86. The molecule has 1 heterocycles. The molecule has 0 radical (unpaired) electrons. The van der Waals surface area contributed by atoms with Gasteiger partial charge in [-0.05, 0) is 31.9 Å². The van der Waals surface area contributed by atoms with Gasteiger partial charge in [-0.2, -0.15) is 0 Å². The maximum absolute atomic E-state index is 12.9. The molecule has 1 N–H and O–H groups in total. The van der Waals surface area contributed by atoms with Crippen molar-refractivity contribution >= 4 is 5.91 Å². The first-order chi connectivity index (χ1) is 8.59. The number of aromatic hydroxyl groups is 1. The second kappa shape index (κ2) is 5.38. The smallest absolute Gasteiger partial charge is 0.257 e. The van der Waals surface area contributed by atoms with E-state index >= 15 is 0 Å². The molecular weight excluding hydrogens is 233 g/mol. The molecule has 0 bridgehead atoms. The molecule has 1 aliphatic heterocycles. The molecule has 98 valence electrons. The number of likely N-dealkylation sites (tertiary alicyclic amines) is 1. The highest BCUT2D eigenvalue weighted by atomic mass is 19.1. The second-order valence-corrected chi connectivity index (χ2v) is 4.86. The van der Waals surface area contributed by atoms with Gasteiger partial charge >= 0.3 is 0 Å². The summed E-state index contributed by atoms with van der Waals surface area (Å²) in [5.41, 5.74) is 0.185. The summed E-state index contributed by atoms with van der Waals surface area (Å²) in [6.07, 6.45) is 4.22. The van der Waals surface area contributed by atoms with Crippen molar-refractivity contribution in [3.63, 3.8) is 0 Å². The number of carbonyl (C=O) groups is 1. The van der Waals surface area contributed by atoms with Crippen molar-refractivity contribution in [2.24, 2.45) is 0 Å². The summed E-state index contributed by atoms with van der Waals surface area (Å²) in [7, 11) is 0. The number of hydrogen-bond donors (Lipinski definition) is 1. The van der Waals surface area contributed by atoms with Crippen molar-refractivity contribution in [2.45, 2.75) is 38.6 Å². The van der Waals surface area contributed by atoms with Crippen LogP contribution in [0.5, 0.6) is 5.75 Å². The summed E-state index contributed by atoms with van der Waals surface area (Å²) in [6.45, 7) is 2.72. The predicted molar refractivity (Wildman–Crippen MR) is 67.0 cm³/mol. The molecule has 1 unspecified atom stereocenters. The Kier molecular flexibility index (Phi) is 3.84. The lowest BCUT2D eigenvalue weighted by Gasteiger charge is -2.27. The molecule has 0 aliphatic carbocycles. The van der Waals surface area contributed by atoms with Gasteiger partial charge in [0, 0.05) is 18.7 Å². The monoisotopic (exact) mass is 251 g/mol. The van der Waals surface area contributed by atoms with Crippen molar-refractivity contribution in [1.29, 1.82) is 0 Å². The summed E-state index contributed by atoms with van der Waals surface area (Å²) >= 11 is 0. The van der Waals surface area contributed by atoms with Crippen LogP contribution in [0.15, 0.2) is 18.2 Å². The van der Waals surface area contributed by atoms with Crippen molar-refractivity contribution < 1.29 is 14.3 Å². The zero-order valence-electron chi connectivity index (χ0n) is 10.5. The lowest BCUT2D eigenvalue weighted by atomic mass is 10.1. The van der Waals surface area contributed by atoms with Gasteiger partial charge in [-0.25, -0.2) is 4.39 Å². The Balaban J connectivity index is 2.23. The minimum atomic E-state index is -0.534. The van der Waals surface area contributed by atoms with Gasteiger partial charge < -0.3 is 10.0 Å². The number of rotatable bonds is 1. The lowest BCUT2D eigenvalue weighted by molar-refractivity contribution is 0.0695. The minimum absolute atomic E-state index is 0.171. The fourth-order valence-electron chi connectivity index (χ4n) is 2.42. The molecule has 1 atom stereocenters. The van der Waals surface area contributed by atoms with E-state index in [1.54, 1.807) is 4.90 Å². The lowest BCUT2D eigenvalue weighted by Crippen LogP contribution is -2.38. The number of benzene rings is 1. The maximum Gasteiger partial charge on any atom is 0.257 e. The van der Waals surface area contributed by atoms with Gasteiger partial charge in [0.05, 0.1) is 5.56 Å². The summed E-state index contributed by atoms with van der Waals surface area (Å²) in [6, 6.07) is 3.71. The van der Waals surface area contributed by atoms with E-state index in [9.17, 15) is 14.3 Å². The highest BCUT2D eigenvalue weighted by Gasteiger charge is 2.24. The normalized spacial score (nSPS) is 20.6. The van der Waals surface area contributed by atoms with Gasteiger partial charge in [-0.1, -0.05) is 12.8 Å². The van der Waals surface area contributed by atoms with Crippen LogP contribution >= 0.6 is 0 Å². The summed E-state index contributed by atoms with van der Waals surface area (Å²) in [5, 5.41) is 9.66. The van der Waals surface area contributed by atoms with Crippen LogP contribution in [0.2, 0.25) is 0 Å². The van der Waals surface area contributed by atoms with Crippen LogP contribution < -0.4 is 0 Å². The number of amides is 1. The van der Waals surface area contributed by atoms with Gasteiger partial charge in [0.25, 0.3) is 5.91 Å². The predicted octanol–water partition coefficient (Wildman–Crippen LogP) is 2.94. The highest BCUT2D eigenvalue weighted by Crippen LogP contribution is 2.24. The fraction of sp³-hybridized carbons (Fsp3) is 0.500. The van der Waals surface area contributed by atoms with Crippen LogP contribution in [0.4, 0.5) is 4.39 Å². The van der Waals surface area contributed by atoms with Crippen molar-refractivity contribution in [3.05, 3.63) is 29.6 Å². The Bertz CT molecular complexity index is 447. The molecule has 1 saturated heterocycles. The molecule has 1 aliphatic rings. The standard InChI is InChI=1S/C14H18FNO2/c1-10-5-3-2-4-8-16(10)14(18)12-7-6-11(15)9-13(12)17/h6-7,9-10,17H,2-5,8H2,1H3. The molecule has 3 nitrogen and oxygen atoms in total. The number of nitrogens with zero attached hydrogens (tertiary/aromatic N) is 1. The quantitative estimate of drug-likeness (QED) is 0.833. The average molecular weight is 251 g/mol. The molecule has 2 rings (SSSR count). The van der Waals surface area contributed by atoms with Crippen molar-refractivity contribution in [1.82, 2.24) is 4.90 Å². The maximum atomic E-state index is 12.9.